The van der Waals surface area contributed by atoms with Crippen LogP contribution in [0.5, 0.6) is 0 Å². The molecule has 0 aromatic heterocycles. The number of carboxylic acid groups (broad SMARTS) is 1. The molecule has 0 bridgehead atoms. The average Bonchev–Trinajstić information content (AvgIpc) is 3.05. The highest BCUT2D eigenvalue weighted by Gasteiger charge is 2.33. The van der Waals surface area contributed by atoms with Crippen molar-refractivity contribution in [3.63, 3.8) is 0 Å². The Hall–Kier alpha value is -0.650. The van der Waals surface area contributed by atoms with Gasteiger partial charge in [-0.05, 0) is 43.9 Å². The molecule has 29 heavy (non-hydrogen) atoms. The monoisotopic (exact) mass is 414 g/mol. The fourth-order valence-electron chi connectivity index (χ4n) is 4.60. The lowest BCUT2D eigenvalue weighted by molar-refractivity contribution is -0.161. The Morgan fingerprint density at radius 3 is 2.34 bits per heavy atom. The molecule has 5 nitrogen and oxygen atoms in total. The zero-order valence-corrected chi connectivity index (χ0v) is 18.9. The molecule has 4 atom stereocenters. The highest BCUT2D eigenvalue weighted by Crippen LogP contribution is 2.39. The van der Waals surface area contributed by atoms with Gasteiger partial charge in [0.15, 0.2) is 6.10 Å². The van der Waals surface area contributed by atoms with Gasteiger partial charge in [-0.2, -0.15) is 0 Å². The molecule has 5 heteroatoms. The minimum Gasteiger partial charge on any atom is -0.479 e. The first kappa shape index (κ1) is 26.4. The number of unbranched alkanes of at least 4 members (excludes halogenated alkanes) is 7. The molecule has 0 spiro atoms. The minimum atomic E-state index is -0.907. The van der Waals surface area contributed by atoms with Crippen LogP contribution in [0, 0.1) is 11.8 Å². The van der Waals surface area contributed by atoms with Crippen molar-refractivity contribution in [1.82, 2.24) is 0 Å². The second kappa shape index (κ2) is 17.1. The summed E-state index contributed by atoms with van der Waals surface area (Å²) in [6.45, 7) is 4.91. The number of ether oxygens (including phenoxy) is 2. The van der Waals surface area contributed by atoms with Crippen LogP contribution in [0.25, 0.3) is 0 Å². The molecule has 0 saturated heterocycles. The van der Waals surface area contributed by atoms with E-state index in [0.29, 0.717) is 24.9 Å². The Morgan fingerprint density at radius 1 is 0.931 bits per heavy atom. The average molecular weight is 415 g/mol. The van der Waals surface area contributed by atoms with Crippen molar-refractivity contribution in [2.24, 2.45) is 11.8 Å². The zero-order chi connectivity index (χ0) is 21.3. The van der Waals surface area contributed by atoms with Crippen LogP contribution < -0.4 is 0 Å². The van der Waals surface area contributed by atoms with E-state index in [2.05, 4.69) is 6.92 Å². The van der Waals surface area contributed by atoms with E-state index in [1.54, 1.807) is 0 Å². The number of aliphatic hydroxyl groups excluding tert-OH is 1. The fraction of sp³-hybridized carbons (Fsp3) is 0.958. The molecular formula is C24H46O5. The summed E-state index contributed by atoms with van der Waals surface area (Å²) >= 11 is 0. The third-order valence-corrected chi connectivity index (χ3v) is 6.34. The Morgan fingerprint density at radius 2 is 1.62 bits per heavy atom. The van der Waals surface area contributed by atoms with Crippen LogP contribution in [0.3, 0.4) is 0 Å². The maximum absolute atomic E-state index is 11.3. The number of hydrogen-bond donors (Lipinski definition) is 2. The maximum Gasteiger partial charge on any atom is 0.332 e. The summed E-state index contributed by atoms with van der Waals surface area (Å²) < 4.78 is 10.6. The second-order valence-corrected chi connectivity index (χ2v) is 8.78. The van der Waals surface area contributed by atoms with Gasteiger partial charge in [0.05, 0.1) is 6.10 Å². The largest absolute Gasteiger partial charge is 0.479 e. The Bertz CT molecular complexity index is 401. The van der Waals surface area contributed by atoms with E-state index in [4.69, 9.17) is 9.47 Å². The van der Waals surface area contributed by atoms with Gasteiger partial charge in [0, 0.05) is 6.61 Å². The predicted octanol–water partition coefficient (Wildman–Crippen LogP) is 5.93. The summed E-state index contributed by atoms with van der Waals surface area (Å²) in [7, 11) is 0. The van der Waals surface area contributed by atoms with Crippen LogP contribution in [-0.2, 0) is 14.3 Å². The SMILES string of the molecule is CCCCCCCC[C@H]1CC[C@H](O)[C@@H]1CCCCCC(OCOCCC)C(=O)O. The van der Waals surface area contributed by atoms with Gasteiger partial charge in [0.2, 0.25) is 0 Å². The Labute approximate surface area is 178 Å². The number of hydrogen-bond acceptors (Lipinski definition) is 4. The summed E-state index contributed by atoms with van der Waals surface area (Å²) in [5, 5.41) is 19.6. The first-order valence-electron chi connectivity index (χ1n) is 12.2. The lowest BCUT2D eigenvalue weighted by atomic mass is 9.85. The van der Waals surface area contributed by atoms with Crippen molar-refractivity contribution in [1.29, 1.82) is 0 Å². The third-order valence-electron chi connectivity index (χ3n) is 6.34. The van der Waals surface area contributed by atoms with E-state index >= 15 is 0 Å². The Kier molecular flexibility index (Phi) is 15.5. The molecule has 0 amide bonds. The molecule has 0 aliphatic heterocycles. The van der Waals surface area contributed by atoms with Crippen LogP contribution in [0.15, 0.2) is 0 Å². The smallest absolute Gasteiger partial charge is 0.332 e. The summed E-state index contributed by atoms with van der Waals surface area (Å²) in [4.78, 5) is 11.3. The number of carbonyl (C=O) groups is 1. The highest BCUT2D eigenvalue weighted by molar-refractivity contribution is 5.72. The van der Waals surface area contributed by atoms with Gasteiger partial charge in [0.25, 0.3) is 0 Å². The van der Waals surface area contributed by atoms with Crippen LogP contribution in [0.4, 0.5) is 0 Å². The van der Waals surface area contributed by atoms with E-state index in [1.807, 2.05) is 6.92 Å². The molecule has 0 aromatic rings. The van der Waals surface area contributed by atoms with Crippen LogP contribution in [-0.4, -0.2) is 41.8 Å². The van der Waals surface area contributed by atoms with Gasteiger partial charge < -0.3 is 19.7 Å². The number of aliphatic hydroxyl groups is 1. The van der Waals surface area contributed by atoms with E-state index in [1.165, 1.54) is 51.4 Å². The summed E-state index contributed by atoms with van der Waals surface area (Å²) in [6, 6.07) is 0. The van der Waals surface area contributed by atoms with Crippen molar-refractivity contribution in [3.05, 3.63) is 0 Å². The molecule has 1 aliphatic rings. The predicted molar refractivity (Wildman–Crippen MR) is 117 cm³/mol. The van der Waals surface area contributed by atoms with Crippen molar-refractivity contribution in [2.45, 2.75) is 122 Å². The van der Waals surface area contributed by atoms with Gasteiger partial charge in [-0.3, -0.25) is 0 Å². The third kappa shape index (κ3) is 12.0. The van der Waals surface area contributed by atoms with Crippen LogP contribution in [0.2, 0.25) is 0 Å². The molecule has 0 radical (unpaired) electrons. The molecule has 0 aromatic carbocycles. The maximum atomic E-state index is 11.3. The van der Waals surface area contributed by atoms with Gasteiger partial charge >= 0.3 is 5.97 Å². The van der Waals surface area contributed by atoms with Gasteiger partial charge in [-0.15, -0.1) is 0 Å². The van der Waals surface area contributed by atoms with E-state index in [-0.39, 0.29) is 12.9 Å². The summed E-state index contributed by atoms with van der Waals surface area (Å²) in [5.74, 6) is 0.219. The fourth-order valence-corrected chi connectivity index (χ4v) is 4.60. The molecule has 1 rings (SSSR count). The zero-order valence-electron chi connectivity index (χ0n) is 18.9. The molecule has 1 unspecified atom stereocenters. The molecular weight excluding hydrogens is 368 g/mol. The Balaban J connectivity index is 2.17. The minimum absolute atomic E-state index is 0.0548. The second-order valence-electron chi connectivity index (χ2n) is 8.78. The van der Waals surface area contributed by atoms with E-state index < -0.39 is 12.1 Å². The van der Waals surface area contributed by atoms with Crippen molar-refractivity contribution >= 4 is 5.97 Å². The summed E-state index contributed by atoms with van der Waals surface area (Å²) in [6.07, 6.45) is 15.9. The normalized spacial score (nSPS) is 22.8. The van der Waals surface area contributed by atoms with Gasteiger partial charge in [-0.25, -0.2) is 4.79 Å². The molecule has 1 fully saturated rings. The first-order chi connectivity index (χ1) is 14.1. The lowest BCUT2D eigenvalue weighted by Gasteiger charge is -2.22. The quantitative estimate of drug-likeness (QED) is 0.202. The van der Waals surface area contributed by atoms with Crippen molar-refractivity contribution in [3.8, 4) is 0 Å². The van der Waals surface area contributed by atoms with Crippen molar-refractivity contribution < 1.29 is 24.5 Å². The number of rotatable bonds is 19. The van der Waals surface area contributed by atoms with Crippen LogP contribution >= 0.6 is 0 Å². The first-order valence-corrected chi connectivity index (χ1v) is 12.2. The molecule has 1 aliphatic carbocycles. The standard InChI is InChI=1S/C24H46O5/c1-3-5-6-7-8-10-13-20-16-17-22(25)21(20)14-11-9-12-15-23(24(26)27)29-19-28-18-4-2/h20-23,25H,3-19H2,1-2H3,(H,26,27)/t20-,21+,22-,23?/m0/s1. The molecule has 1 saturated carbocycles. The van der Waals surface area contributed by atoms with E-state index in [0.717, 1.165) is 38.5 Å². The number of carboxylic acids is 1. The molecule has 172 valence electrons. The van der Waals surface area contributed by atoms with E-state index in [9.17, 15) is 15.0 Å². The molecule has 0 heterocycles. The number of aliphatic carboxylic acids is 1. The van der Waals surface area contributed by atoms with Gasteiger partial charge in [-0.1, -0.05) is 78.1 Å². The van der Waals surface area contributed by atoms with Crippen molar-refractivity contribution in [2.75, 3.05) is 13.4 Å². The lowest BCUT2D eigenvalue weighted by Crippen LogP contribution is -2.25. The van der Waals surface area contributed by atoms with Gasteiger partial charge in [0.1, 0.15) is 6.79 Å². The topological polar surface area (TPSA) is 76.0 Å². The summed E-state index contributed by atoms with van der Waals surface area (Å²) in [5.41, 5.74) is 0. The molecule has 2 N–H and O–H groups in total. The van der Waals surface area contributed by atoms with Crippen LogP contribution in [0.1, 0.15) is 110 Å². The highest BCUT2D eigenvalue weighted by atomic mass is 16.7.